The zero-order valence-electron chi connectivity index (χ0n) is 14.8. The van der Waals surface area contributed by atoms with Gasteiger partial charge in [-0.25, -0.2) is 0 Å². The number of furan rings is 1. The van der Waals surface area contributed by atoms with Gasteiger partial charge in [0.2, 0.25) is 0 Å². The normalized spacial score (nSPS) is 17.7. The second kappa shape index (κ2) is 7.26. The number of benzene rings is 2. The molecule has 132 valence electrons. The van der Waals surface area contributed by atoms with E-state index in [4.69, 9.17) is 4.42 Å². The molecule has 0 N–H and O–H groups in total. The summed E-state index contributed by atoms with van der Waals surface area (Å²) in [4.78, 5) is 2.55. The van der Waals surface area contributed by atoms with E-state index in [9.17, 15) is 5.26 Å². The molecule has 0 radical (unpaired) electrons. The third-order valence-electron chi connectivity index (χ3n) is 5.47. The van der Waals surface area contributed by atoms with Gasteiger partial charge in [-0.3, -0.25) is 0 Å². The summed E-state index contributed by atoms with van der Waals surface area (Å²) in [5.41, 5.74) is 5.15. The van der Waals surface area contributed by atoms with E-state index in [2.05, 4.69) is 52.0 Å². The standard InChI is InChI=1S/C22H21BrN2O/c1-15-3-2-10-25(15)11-8-20-19(6-4-18(14-24)22(20)23)16-5-7-21-17(13-16)9-12-26-21/h4-7,9,12-13,15H,2-3,8,10-11H2,1H3/t15-/m1/s1. The van der Waals surface area contributed by atoms with Crippen LogP contribution in [-0.2, 0) is 6.42 Å². The summed E-state index contributed by atoms with van der Waals surface area (Å²) in [6.45, 7) is 4.50. The van der Waals surface area contributed by atoms with Gasteiger partial charge in [-0.05, 0) is 89.6 Å². The van der Waals surface area contributed by atoms with E-state index in [1.54, 1.807) is 6.26 Å². The van der Waals surface area contributed by atoms with Crippen LogP contribution in [0.15, 0.2) is 51.6 Å². The summed E-state index contributed by atoms with van der Waals surface area (Å²) >= 11 is 3.70. The van der Waals surface area contributed by atoms with Crippen molar-refractivity contribution in [2.75, 3.05) is 13.1 Å². The molecule has 3 aromatic rings. The lowest BCUT2D eigenvalue weighted by Crippen LogP contribution is -2.29. The number of fused-ring (bicyclic) bond motifs is 1. The first kappa shape index (κ1) is 17.3. The Hall–Kier alpha value is -2.09. The number of nitrogens with zero attached hydrogens (tertiary/aromatic N) is 2. The number of likely N-dealkylation sites (tertiary alicyclic amines) is 1. The fraction of sp³-hybridized carbons (Fsp3) is 0.318. The monoisotopic (exact) mass is 408 g/mol. The van der Waals surface area contributed by atoms with E-state index < -0.39 is 0 Å². The van der Waals surface area contributed by atoms with Crippen LogP contribution in [0.25, 0.3) is 22.1 Å². The molecular weight excluding hydrogens is 388 g/mol. The maximum atomic E-state index is 9.44. The van der Waals surface area contributed by atoms with Crippen LogP contribution in [0.4, 0.5) is 0 Å². The number of hydrogen-bond donors (Lipinski definition) is 0. The van der Waals surface area contributed by atoms with Crippen LogP contribution in [-0.4, -0.2) is 24.0 Å². The first-order chi connectivity index (χ1) is 12.7. The van der Waals surface area contributed by atoms with E-state index in [0.29, 0.717) is 11.6 Å². The molecule has 2 heterocycles. The number of halogens is 1. The lowest BCUT2D eigenvalue weighted by Gasteiger charge is -2.22. The number of nitriles is 1. The molecule has 3 nitrogen and oxygen atoms in total. The highest BCUT2D eigenvalue weighted by Crippen LogP contribution is 2.34. The van der Waals surface area contributed by atoms with Crippen LogP contribution in [0, 0.1) is 11.3 Å². The minimum atomic E-state index is 0.652. The van der Waals surface area contributed by atoms with Crippen molar-refractivity contribution in [2.24, 2.45) is 0 Å². The molecule has 0 unspecified atom stereocenters. The summed E-state index contributed by atoms with van der Waals surface area (Å²) in [5.74, 6) is 0. The highest BCUT2D eigenvalue weighted by Gasteiger charge is 2.21. The van der Waals surface area contributed by atoms with Gasteiger partial charge in [-0.2, -0.15) is 5.26 Å². The molecule has 1 fully saturated rings. The molecule has 0 bridgehead atoms. The van der Waals surface area contributed by atoms with Gasteiger partial charge < -0.3 is 9.32 Å². The van der Waals surface area contributed by atoms with Gasteiger partial charge in [0.25, 0.3) is 0 Å². The van der Waals surface area contributed by atoms with E-state index >= 15 is 0 Å². The van der Waals surface area contributed by atoms with Gasteiger partial charge in [-0.15, -0.1) is 0 Å². The molecule has 0 aliphatic carbocycles. The second-order valence-electron chi connectivity index (χ2n) is 7.02. The molecule has 1 aliphatic heterocycles. The maximum absolute atomic E-state index is 9.44. The van der Waals surface area contributed by atoms with E-state index in [1.807, 2.05) is 18.2 Å². The van der Waals surface area contributed by atoms with Gasteiger partial charge in [0.1, 0.15) is 11.7 Å². The summed E-state index contributed by atoms with van der Waals surface area (Å²) in [6, 6.07) is 15.2. The molecule has 0 saturated carbocycles. The van der Waals surface area contributed by atoms with Crippen molar-refractivity contribution in [3.05, 3.63) is 58.3 Å². The Balaban J connectivity index is 1.73. The average molecular weight is 409 g/mol. The minimum absolute atomic E-state index is 0.652. The van der Waals surface area contributed by atoms with Crippen LogP contribution >= 0.6 is 15.9 Å². The van der Waals surface area contributed by atoms with Crippen LogP contribution < -0.4 is 0 Å². The smallest absolute Gasteiger partial charge is 0.133 e. The molecule has 4 rings (SSSR count). The van der Waals surface area contributed by atoms with Crippen molar-refractivity contribution in [2.45, 2.75) is 32.2 Å². The van der Waals surface area contributed by atoms with Gasteiger partial charge in [-0.1, -0.05) is 12.1 Å². The molecule has 1 saturated heterocycles. The Morgan fingerprint density at radius 2 is 2.15 bits per heavy atom. The van der Waals surface area contributed by atoms with Crippen LogP contribution in [0.3, 0.4) is 0 Å². The van der Waals surface area contributed by atoms with Crippen molar-refractivity contribution < 1.29 is 4.42 Å². The largest absolute Gasteiger partial charge is 0.464 e. The van der Waals surface area contributed by atoms with Crippen molar-refractivity contribution in [3.8, 4) is 17.2 Å². The topological polar surface area (TPSA) is 40.2 Å². The van der Waals surface area contributed by atoms with Crippen molar-refractivity contribution in [3.63, 3.8) is 0 Å². The highest BCUT2D eigenvalue weighted by atomic mass is 79.9. The van der Waals surface area contributed by atoms with Crippen LogP contribution in [0.1, 0.15) is 30.9 Å². The quantitative estimate of drug-likeness (QED) is 0.550. The first-order valence-corrected chi connectivity index (χ1v) is 9.90. The highest BCUT2D eigenvalue weighted by molar-refractivity contribution is 9.10. The Kier molecular flexibility index (Phi) is 4.84. The summed E-state index contributed by atoms with van der Waals surface area (Å²) in [6.07, 6.45) is 5.21. The minimum Gasteiger partial charge on any atom is -0.464 e. The molecule has 1 atom stereocenters. The first-order valence-electron chi connectivity index (χ1n) is 9.10. The van der Waals surface area contributed by atoms with Gasteiger partial charge >= 0.3 is 0 Å². The fourth-order valence-electron chi connectivity index (χ4n) is 3.94. The van der Waals surface area contributed by atoms with Gasteiger partial charge in [0, 0.05) is 22.4 Å². The van der Waals surface area contributed by atoms with Crippen molar-refractivity contribution in [1.29, 1.82) is 5.26 Å². The molecule has 0 amide bonds. The third-order valence-corrected chi connectivity index (χ3v) is 6.37. The number of hydrogen-bond acceptors (Lipinski definition) is 3. The third kappa shape index (κ3) is 3.18. The zero-order chi connectivity index (χ0) is 18.1. The lowest BCUT2D eigenvalue weighted by atomic mass is 9.95. The molecule has 4 heteroatoms. The average Bonchev–Trinajstić information content (AvgIpc) is 3.28. The van der Waals surface area contributed by atoms with E-state index in [-0.39, 0.29) is 0 Å². The Bertz CT molecular complexity index is 985. The van der Waals surface area contributed by atoms with Crippen LogP contribution in [0.5, 0.6) is 0 Å². The predicted molar refractivity (Wildman–Crippen MR) is 108 cm³/mol. The van der Waals surface area contributed by atoms with Crippen molar-refractivity contribution >= 4 is 26.9 Å². The SMILES string of the molecule is C[C@@H]1CCCN1CCc1c(-c2ccc3occc3c2)ccc(C#N)c1Br. The lowest BCUT2D eigenvalue weighted by molar-refractivity contribution is 0.272. The zero-order valence-corrected chi connectivity index (χ0v) is 16.4. The van der Waals surface area contributed by atoms with Gasteiger partial charge in [0.15, 0.2) is 0 Å². The maximum Gasteiger partial charge on any atom is 0.133 e. The summed E-state index contributed by atoms with van der Waals surface area (Å²) < 4.78 is 6.39. The predicted octanol–water partition coefficient (Wildman–Crippen LogP) is 5.76. The molecule has 1 aromatic heterocycles. The van der Waals surface area contributed by atoms with Crippen LogP contribution in [0.2, 0.25) is 0 Å². The molecule has 0 spiro atoms. The molecule has 2 aromatic carbocycles. The van der Waals surface area contributed by atoms with E-state index in [0.717, 1.165) is 34.0 Å². The summed E-state index contributed by atoms with van der Waals surface area (Å²) in [5, 5.41) is 10.5. The van der Waals surface area contributed by atoms with Gasteiger partial charge in [0.05, 0.1) is 11.8 Å². The number of rotatable bonds is 4. The Morgan fingerprint density at radius 3 is 2.92 bits per heavy atom. The second-order valence-corrected chi connectivity index (χ2v) is 7.81. The van der Waals surface area contributed by atoms with E-state index in [1.165, 1.54) is 30.5 Å². The Morgan fingerprint density at radius 1 is 1.27 bits per heavy atom. The molecular formula is C22H21BrN2O. The fourth-order valence-corrected chi connectivity index (χ4v) is 4.57. The summed E-state index contributed by atoms with van der Waals surface area (Å²) in [7, 11) is 0. The Labute approximate surface area is 162 Å². The molecule has 26 heavy (non-hydrogen) atoms. The van der Waals surface area contributed by atoms with Crippen molar-refractivity contribution in [1.82, 2.24) is 4.90 Å². The molecule has 1 aliphatic rings.